The molecule has 9 fully saturated rings. The summed E-state index contributed by atoms with van der Waals surface area (Å²) in [6.45, 7) is 26.7. The number of benzene rings is 2. The summed E-state index contributed by atoms with van der Waals surface area (Å²) in [5.74, 6) is 0.710. The molecule has 0 aromatic heterocycles. The Hall–Kier alpha value is -1.91. The highest BCUT2D eigenvalue weighted by molar-refractivity contribution is 8.18. The standard InChI is InChI=1S/C68H102O14S2Si/c1-12-83-68(84-13-2)38-60-54(32-31-53-56(77-60)34-48(74-45(6)69)29-30-52-57(76-53)35-55-50(75-52)27-21-33-70-55)78-61(68)28-20-26-51-58(82-85(10,11)66(7,8)9)36-59-62(79-51)43(4)63(72-40-47-24-18-15-19-25-47)65-64(80-59)42(3)44(5)67(81-65)37-49(41-73-67)71-39-46-22-16-14-17-23-46/h14-20,22-25,28,42-44,48-65H,12-13,21,26-27,29-41H2,1-11H3/b28-20-/t42-,43+,44-,48-,49-,50-,51-,52+,53+,54-,55+,56-,57-,58+,59-,60+,61+,62+,63-,64+,65-,67+/m0/s1. The van der Waals surface area contributed by atoms with E-state index in [0.29, 0.717) is 51.9 Å². The highest BCUT2D eigenvalue weighted by Crippen LogP contribution is 2.54. The molecule has 0 unspecified atom stereocenters. The molecule has 0 N–H and O–H groups in total. The van der Waals surface area contributed by atoms with Crippen molar-refractivity contribution in [2.24, 2.45) is 17.8 Å². The van der Waals surface area contributed by atoms with Crippen LogP contribution in [0.2, 0.25) is 18.1 Å². The lowest BCUT2D eigenvalue weighted by molar-refractivity contribution is -0.341. The zero-order valence-electron chi connectivity index (χ0n) is 52.8. The molecule has 1 spiro atoms. The average molecular weight is 1240 g/mol. The van der Waals surface area contributed by atoms with Crippen molar-refractivity contribution < 1.29 is 66.1 Å². The van der Waals surface area contributed by atoms with E-state index in [-0.39, 0.29) is 137 Å². The summed E-state index contributed by atoms with van der Waals surface area (Å²) in [4.78, 5) is 12.6. The van der Waals surface area contributed by atoms with Gasteiger partial charge in [-0.05, 0) is 91.6 Å². The zero-order valence-corrected chi connectivity index (χ0v) is 55.4. The fraction of sp³-hybridized carbons (Fsp3) is 0.779. The molecule has 17 heteroatoms. The molecule has 11 rings (SSSR count). The first kappa shape index (κ1) is 64.6. The number of hydrogen-bond acceptors (Lipinski definition) is 16. The molecule has 22 atom stereocenters. The summed E-state index contributed by atoms with van der Waals surface area (Å²) < 4.78 is 91.7. The molecule has 0 saturated carbocycles. The van der Waals surface area contributed by atoms with Crippen LogP contribution in [0.5, 0.6) is 0 Å². The first-order chi connectivity index (χ1) is 40.8. The van der Waals surface area contributed by atoms with Crippen LogP contribution in [0, 0.1) is 17.8 Å². The van der Waals surface area contributed by atoms with Crippen LogP contribution in [-0.4, -0.2) is 159 Å². The van der Waals surface area contributed by atoms with E-state index in [9.17, 15) is 4.79 Å². The third kappa shape index (κ3) is 14.6. The Bertz CT molecular complexity index is 2480. The number of esters is 1. The van der Waals surface area contributed by atoms with Gasteiger partial charge in [0.05, 0.1) is 122 Å². The quantitative estimate of drug-likeness (QED) is 0.0681. The lowest BCUT2D eigenvalue weighted by Crippen LogP contribution is -2.61. The molecule has 14 nitrogen and oxygen atoms in total. The van der Waals surface area contributed by atoms with Crippen molar-refractivity contribution in [2.75, 3.05) is 24.7 Å². The molecule has 2 aromatic carbocycles. The maximum Gasteiger partial charge on any atom is 0.302 e. The molecule has 0 amide bonds. The van der Waals surface area contributed by atoms with Gasteiger partial charge in [-0.25, -0.2) is 0 Å². The summed E-state index contributed by atoms with van der Waals surface area (Å²) in [6.07, 6.45) is 10.3. The van der Waals surface area contributed by atoms with Gasteiger partial charge in [0.15, 0.2) is 14.1 Å². The van der Waals surface area contributed by atoms with E-state index >= 15 is 0 Å². The van der Waals surface area contributed by atoms with Crippen LogP contribution in [0.3, 0.4) is 0 Å². The molecule has 2 aromatic rings. The van der Waals surface area contributed by atoms with Gasteiger partial charge in [0.25, 0.3) is 0 Å². The maximum atomic E-state index is 12.6. The van der Waals surface area contributed by atoms with Gasteiger partial charge in [-0.2, -0.15) is 0 Å². The molecule has 0 radical (unpaired) electrons. The van der Waals surface area contributed by atoms with Crippen LogP contribution >= 0.6 is 23.5 Å². The van der Waals surface area contributed by atoms with Gasteiger partial charge in [0.1, 0.15) is 12.2 Å². The Balaban J connectivity index is 0.851. The van der Waals surface area contributed by atoms with Crippen molar-refractivity contribution >= 4 is 37.8 Å². The van der Waals surface area contributed by atoms with Crippen LogP contribution in [0.4, 0.5) is 0 Å². The van der Waals surface area contributed by atoms with Gasteiger partial charge in [-0.15, -0.1) is 23.5 Å². The minimum atomic E-state index is -2.32. The van der Waals surface area contributed by atoms with Crippen LogP contribution in [-0.2, 0) is 79.3 Å². The Labute approximate surface area is 518 Å². The zero-order chi connectivity index (χ0) is 59.7. The lowest BCUT2D eigenvalue weighted by Gasteiger charge is -2.51. The van der Waals surface area contributed by atoms with E-state index in [2.05, 4.69) is 129 Å². The molecule has 0 aliphatic carbocycles. The average Bonchev–Trinajstić information content (AvgIpc) is 2.55. The summed E-state index contributed by atoms with van der Waals surface area (Å²) in [5, 5.41) is -0.0233. The fourth-order valence-electron chi connectivity index (χ4n) is 15.3. The highest BCUT2D eigenvalue weighted by Gasteiger charge is 2.62. The van der Waals surface area contributed by atoms with Crippen molar-refractivity contribution in [3.63, 3.8) is 0 Å². The summed E-state index contributed by atoms with van der Waals surface area (Å²) in [6, 6.07) is 20.8. The molecule has 9 aliphatic heterocycles. The number of hydrogen-bond donors (Lipinski definition) is 0. The minimum Gasteiger partial charge on any atom is -0.462 e. The monoisotopic (exact) mass is 1230 g/mol. The lowest BCUT2D eigenvalue weighted by atomic mass is 9.75. The third-order valence-electron chi connectivity index (χ3n) is 21.0. The smallest absolute Gasteiger partial charge is 0.302 e. The Morgan fingerprint density at radius 2 is 1.31 bits per heavy atom. The van der Waals surface area contributed by atoms with Crippen molar-refractivity contribution in [1.29, 1.82) is 0 Å². The molecule has 85 heavy (non-hydrogen) atoms. The third-order valence-corrected chi connectivity index (χ3v) is 28.6. The van der Waals surface area contributed by atoms with Gasteiger partial charge >= 0.3 is 5.97 Å². The largest absolute Gasteiger partial charge is 0.462 e. The SMILES string of the molecule is CCSC1(SCC)C[C@H]2O[C@H]3C[C@@H](OC(C)=O)CC[C@H]4O[C@H]5CCCO[C@@H]5C[C@@H]4O[C@@H]3CC[C@@H]2O[C@@H]1/C=C\C[C@@H]1O[C@@H]2[C@@H](C)[C@H](OCc3ccccc3)[C@@H]3O[C@]4(C[C@H](OCc5ccccc5)CO4)[C@@H](C)[C@H](C)[C@H]3O[C@H]2C[C@H]1O[Si](C)(C)C(C)(C)C. The van der Waals surface area contributed by atoms with Crippen LogP contribution < -0.4 is 0 Å². The topological polar surface area (TPSA) is 137 Å². The molecule has 9 aliphatic rings. The highest BCUT2D eigenvalue weighted by atomic mass is 32.2. The molecular weight excluding hydrogens is 1130 g/mol. The van der Waals surface area contributed by atoms with Gasteiger partial charge in [-0.3, -0.25) is 4.79 Å². The van der Waals surface area contributed by atoms with Crippen molar-refractivity contribution in [2.45, 2.75) is 290 Å². The first-order valence-electron chi connectivity index (χ1n) is 32.8. The normalized spacial score (nSPS) is 41.3. The van der Waals surface area contributed by atoms with Crippen molar-refractivity contribution in [3.05, 3.63) is 83.9 Å². The van der Waals surface area contributed by atoms with E-state index in [1.807, 2.05) is 35.7 Å². The second-order valence-corrected chi connectivity index (χ2v) is 35.9. The predicted molar refractivity (Wildman–Crippen MR) is 334 cm³/mol. The molecular formula is C68H102O14S2Si. The number of thioether (sulfide) groups is 2. The Kier molecular flexibility index (Phi) is 21.2. The van der Waals surface area contributed by atoms with E-state index < -0.39 is 20.2 Å². The summed E-state index contributed by atoms with van der Waals surface area (Å²) in [5.41, 5.74) is 2.24. The van der Waals surface area contributed by atoms with E-state index in [1.165, 1.54) is 6.92 Å². The van der Waals surface area contributed by atoms with E-state index in [0.717, 1.165) is 74.2 Å². The fourth-order valence-corrected chi connectivity index (χ4v) is 19.8. The van der Waals surface area contributed by atoms with Crippen LogP contribution in [0.15, 0.2) is 72.8 Å². The predicted octanol–water partition coefficient (Wildman–Crippen LogP) is 13.0. The van der Waals surface area contributed by atoms with Gasteiger partial charge in [0, 0.05) is 57.5 Å². The van der Waals surface area contributed by atoms with E-state index in [4.69, 9.17) is 61.3 Å². The summed E-state index contributed by atoms with van der Waals surface area (Å²) in [7, 11) is -2.32. The van der Waals surface area contributed by atoms with Crippen LogP contribution in [0.25, 0.3) is 0 Å². The van der Waals surface area contributed by atoms with E-state index in [1.54, 1.807) is 0 Å². The second kappa shape index (κ2) is 27.9. The molecule has 474 valence electrons. The van der Waals surface area contributed by atoms with Crippen molar-refractivity contribution in [3.8, 4) is 0 Å². The number of rotatable bonds is 16. The van der Waals surface area contributed by atoms with Crippen LogP contribution in [0.1, 0.15) is 150 Å². The first-order valence-corrected chi connectivity index (χ1v) is 37.7. The molecule has 9 heterocycles. The number of fused-ring (bicyclic) bond motifs is 6. The molecule has 9 saturated heterocycles. The van der Waals surface area contributed by atoms with Gasteiger partial charge in [0.2, 0.25) is 0 Å². The minimum absolute atomic E-state index is 0.0169. The number of ether oxygens (including phenoxy) is 12. The summed E-state index contributed by atoms with van der Waals surface area (Å²) >= 11 is 3.95. The molecule has 0 bridgehead atoms. The van der Waals surface area contributed by atoms with Gasteiger partial charge < -0.3 is 61.3 Å². The van der Waals surface area contributed by atoms with Crippen molar-refractivity contribution in [1.82, 2.24) is 0 Å². The Morgan fingerprint density at radius 1 is 0.671 bits per heavy atom. The Morgan fingerprint density at radius 3 is 1.99 bits per heavy atom. The van der Waals surface area contributed by atoms with Gasteiger partial charge in [-0.1, -0.05) is 128 Å². The number of carbonyl (C=O) groups excluding carboxylic acids is 1. The maximum absolute atomic E-state index is 12.6. The number of carbonyl (C=O) groups is 1. The second-order valence-electron chi connectivity index (χ2n) is 27.7.